The van der Waals surface area contributed by atoms with E-state index in [2.05, 4.69) is 5.32 Å². The maximum absolute atomic E-state index is 12.5. The number of aliphatic hydroxyl groups is 2. The van der Waals surface area contributed by atoms with Crippen LogP contribution < -0.4 is 15.5 Å². The molecule has 1 fully saturated rings. The number of rotatable bonds is 7. The molecule has 0 radical (unpaired) electrons. The highest BCUT2D eigenvalue weighted by Crippen LogP contribution is 2.33. The zero-order valence-corrected chi connectivity index (χ0v) is 17.4. The molecule has 3 aromatic rings. The molecule has 0 atom stereocenters. The Kier molecular flexibility index (Phi) is 6.11. The molecule has 7 heteroatoms. The molecule has 158 valence electrons. The third-order valence-corrected chi connectivity index (χ3v) is 5.80. The molecule has 2 aromatic carbocycles. The van der Waals surface area contributed by atoms with Gasteiger partial charge < -0.3 is 24.7 Å². The third kappa shape index (κ3) is 4.37. The fraction of sp³-hybridized carbons (Fsp3) is 0.348. The normalized spacial score (nSPS) is 18.6. The highest BCUT2D eigenvalue weighted by molar-refractivity contribution is 6.34. The molecule has 0 saturated heterocycles. The van der Waals surface area contributed by atoms with E-state index in [1.165, 1.54) is 6.07 Å². The third-order valence-electron chi connectivity index (χ3n) is 5.50. The molecule has 1 aliphatic rings. The summed E-state index contributed by atoms with van der Waals surface area (Å²) in [7, 11) is 0. The molecule has 0 spiro atoms. The Hall–Kier alpha value is -2.38. The first-order valence-electron chi connectivity index (χ1n) is 9.98. The van der Waals surface area contributed by atoms with E-state index in [9.17, 15) is 4.79 Å². The Morgan fingerprint density at radius 2 is 2.03 bits per heavy atom. The first-order valence-corrected chi connectivity index (χ1v) is 10.4. The fourth-order valence-electron chi connectivity index (χ4n) is 3.72. The van der Waals surface area contributed by atoms with Gasteiger partial charge >= 0.3 is 0 Å². The molecule has 1 aliphatic carbocycles. The van der Waals surface area contributed by atoms with Crippen LogP contribution in [-0.4, -0.2) is 35.7 Å². The SMILES string of the molecule is Cc1ccc(-c2cc(=O)c3cccc(Cl)c3o2)c(OCCNC2CC(C(O)O)C2)c1. The lowest BCUT2D eigenvalue weighted by Gasteiger charge is -2.36. The van der Waals surface area contributed by atoms with Gasteiger partial charge in [-0.15, -0.1) is 0 Å². The second kappa shape index (κ2) is 8.78. The van der Waals surface area contributed by atoms with E-state index in [1.54, 1.807) is 18.2 Å². The van der Waals surface area contributed by atoms with Crippen molar-refractivity contribution in [3.8, 4) is 17.1 Å². The molecule has 0 amide bonds. The highest BCUT2D eigenvalue weighted by Gasteiger charge is 2.32. The van der Waals surface area contributed by atoms with Crippen molar-refractivity contribution in [2.24, 2.45) is 5.92 Å². The summed E-state index contributed by atoms with van der Waals surface area (Å²) in [6.45, 7) is 3.02. The molecule has 1 aromatic heterocycles. The Balaban J connectivity index is 1.49. The fourth-order valence-corrected chi connectivity index (χ4v) is 3.94. The smallest absolute Gasteiger partial charge is 0.193 e. The van der Waals surface area contributed by atoms with E-state index in [0.29, 0.717) is 46.2 Å². The van der Waals surface area contributed by atoms with Crippen molar-refractivity contribution in [3.05, 3.63) is 63.3 Å². The molecular weight excluding hydrogens is 406 g/mol. The molecular formula is C23H24ClNO5. The summed E-state index contributed by atoms with van der Waals surface area (Å²) in [5.41, 5.74) is 1.92. The number of hydrogen-bond acceptors (Lipinski definition) is 6. The number of nitrogens with one attached hydrogen (secondary N) is 1. The largest absolute Gasteiger partial charge is 0.491 e. The van der Waals surface area contributed by atoms with Crippen LogP contribution in [0.4, 0.5) is 0 Å². The molecule has 1 saturated carbocycles. The van der Waals surface area contributed by atoms with Gasteiger partial charge in [-0.2, -0.15) is 0 Å². The summed E-state index contributed by atoms with van der Waals surface area (Å²) >= 11 is 6.23. The molecule has 4 rings (SSSR count). The van der Waals surface area contributed by atoms with E-state index in [0.717, 1.165) is 18.4 Å². The van der Waals surface area contributed by atoms with Crippen LogP contribution >= 0.6 is 11.6 Å². The van der Waals surface area contributed by atoms with E-state index >= 15 is 0 Å². The lowest BCUT2D eigenvalue weighted by Crippen LogP contribution is -2.46. The number of hydrogen-bond donors (Lipinski definition) is 3. The Morgan fingerprint density at radius 1 is 1.23 bits per heavy atom. The van der Waals surface area contributed by atoms with Crippen LogP contribution in [0, 0.1) is 12.8 Å². The maximum atomic E-state index is 12.5. The van der Waals surface area contributed by atoms with Crippen molar-refractivity contribution in [2.45, 2.75) is 32.1 Å². The summed E-state index contributed by atoms with van der Waals surface area (Å²) in [5.74, 6) is 0.986. The lowest BCUT2D eigenvalue weighted by molar-refractivity contribution is -0.113. The van der Waals surface area contributed by atoms with Crippen LogP contribution in [0.15, 0.2) is 51.7 Å². The molecule has 3 N–H and O–H groups in total. The quantitative estimate of drug-likeness (QED) is 0.393. The van der Waals surface area contributed by atoms with Gasteiger partial charge in [0.05, 0.1) is 16.0 Å². The van der Waals surface area contributed by atoms with Gasteiger partial charge in [0.25, 0.3) is 0 Å². The summed E-state index contributed by atoms with van der Waals surface area (Å²) < 4.78 is 12.0. The number of para-hydroxylation sites is 1. The van der Waals surface area contributed by atoms with Gasteiger partial charge in [-0.25, -0.2) is 0 Å². The molecule has 0 aliphatic heterocycles. The second-order valence-electron chi connectivity index (χ2n) is 7.74. The van der Waals surface area contributed by atoms with Gasteiger partial charge in [0.1, 0.15) is 18.1 Å². The van der Waals surface area contributed by atoms with Gasteiger partial charge in [-0.1, -0.05) is 23.7 Å². The molecule has 0 bridgehead atoms. The highest BCUT2D eigenvalue weighted by atomic mass is 35.5. The topological polar surface area (TPSA) is 91.9 Å². The Morgan fingerprint density at radius 3 is 2.80 bits per heavy atom. The average molecular weight is 430 g/mol. The van der Waals surface area contributed by atoms with Gasteiger partial charge in [-0.05, 0) is 49.6 Å². The average Bonchev–Trinajstić information content (AvgIpc) is 2.67. The second-order valence-corrected chi connectivity index (χ2v) is 8.14. The van der Waals surface area contributed by atoms with Crippen LogP contribution in [0.1, 0.15) is 18.4 Å². The van der Waals surface area contributed by atoms with Gasteiger partial charge in [-0.3, -0.25) is 4.79 Å². The van der Waals surface area contributed by atoms with Gasteiger partial charge in [0.15, 0.2) is 17.3 Å². The van der Waals surface area contributed by atoms with Crippen molar-refractivity contribution in [2.75, 3.05) is 13.2 Å². The predicted molar refractivity (Wildman–Crippen MR) is 116 cm³/mol. The number of benzene rings is 2. The van der Waals surface area contributed by atoms with Crippen molar-refractivity contribution in [3.63, 3.8) is 0 Å². The van der Waals surface area contributed by atoms with Crippen molar-refractivity contribution >= 4 is 22.6 Å². The van der Waals surface area contributed by atoms with Crippen LogP contribution in [0.3, 0.4) is 0 Å². The van der Waals surface area contributed by atoms with Crippen molar-refractivity contribution in [1.29, 1.82) is 0 Å². The minimum atomic E-state index is -1.24. The van der Waals surface area contributed by atoms with Crippen molar-refractivity contribution < 1.29 is 19.4 Å². The van der Waals surface area contributed by atoms with E-state index < -0.39 is 6.29 Å². The zero-order valence-electron chi connectivity index (χ0n) is 16.6. The first-order chi connectivity index (χ1) is 14.4. The molecule has 6 nitrogen and oxygen atoms in total. The van der Waals surface area contributed by atoms with Crippen LogP contribution in [0.25, 0.3) is 22.3 Å². The lowest BCUT2D eigenvalue weighted by atomic mass is 9.80. The Bertz CT molecular complexity index is 1100. The summed E-state index contributed by atoms with van der Waals surface area (Å²) in [5, 5.41) is 22.5. The predicted octanol–water partition coefficient (Wildman–Crippen LogP) is 3.48. The molecule has 0 unspecified atom stereocenters. The minimum absolute atomic E-state index is 0.0468. The Labute approximate surface area is 179 Å². The van der Waals surface area contributed by atoms with Crippen molar-refractivity contribution in [1.82, 2.24) is 5.32 Å². The van der Waals surface area contributed by atoms with Crippen LogP contribution in [0.2, 0.25) is 5.02 Å². The number of aryl methyl sites for hydroxylation is 1. The molecule has 1 heterocycles. The summed E-state index contributed by atoms with van der Waals surface area (Å²) in [4.78, 5) is 12.5. The van der Waals surface area contributed by atoms with E-state index in [1.807, 2.05) is 25.1 Å². The number of aliphatic hydroxyl groups excluding tert-OH is 1. The number of ether oxygens (including phenoxy) is 1. The van der Waals surface area contributed by atoms with Crippen LogP contribution in [-0.2, 0) is 0 Å². The van der Waals surface area contributed by atoms with E-state index in [-0.39, 0.29) is 17.4 Å². The zero-order chi connectivity index (χ0) is 21.3. The first kappa shape index (κ1) is 20.9. The number of fused-ring (bicyclic) bond motifs is 1. The summed E-state index contributed by atoms with van der Waals surface area (Å²) in [6.07, 6.45) is 0.256. The summed E-state index contributed by atoms with van der Waals surface area (Å²) in [6, 6.07) is 12.6. The molecule has 30 heavy (non-hydrogen) atoms. The van der Waals surface area contributed by atoms with Gasteiger partial charge in [0.2, 0.25) is 0 Å². The van der Waals surface area contributed by atoms with E-state index in [4.69, 9.17) is 31.0 Å². The maximum Gasteiger partial charge on any atom is 0.193 e. The standard InChI is InChI=1S/C23H24ClNO5/c1-13-5-6-17(21-12-19(26)16-3-2-4-18(24)22(16)30-21)20(9-13)29-8-7-25-15-10-14(11-15)23(27)28/h2-6,9,12,14-15,23,25,27-28H,7-8,10-11H2,1H3. The number of halogens is 1. The monoisotopic (exact) mass is 429 g/mol. The minimum Gasteiger partial charge on any atom is -0.491 e. The van der Waals surface area contributed by atoms with Gasteiger partial charge in [0, 0.05) is 24.6 Å². The van der Waals surface area contributed by atoms with Crippen LogP contribution in [0.5, 0.6) is 5.75 Å².